The van der Waals surface area contributed by atoms with E-state index in [2.05, 4.69) is 0 Å². The van der Waals surface area contributed by atoms with Crippen molar-refractivity contribution in [3.63, 3.8) is 0 Å². The van der Waals surface area contributed by atoms with Crippen molar-refractivity contribution in [2.75, 3.05) is 20.3 Å². The summed E-state index contributed by atoms with van der Waals surface area (Å²) in [5, 5.41) is 0.831. The van der Waals surface area contributed by atoms with Gasteiger partial charge in [-0.25, -0.2) is 0 Å². The Bertz CT molecular complexity index is 388. The zero-order chi connectivity index (χ0) is 11.1. The molecule has 1 heterocycles. The highest BCUT2D eigenvalue weighted by Crippen LogP contribution is 2.45. The Morgan fingerprint density at radius 2 is 1.93 bits per heavy atom. The summed E-state index contributed by atoms with van der Waals surface area (Å²) in [7, 11) is 1.54. The van der Waals surface area contributed by atoms with Crippen molar-refractivity contribution >= 4 is 34.8 Å². The van der Waals surface area contributed by atoms with Crippen LogP contribution in [0.1, 0.15) is 5.56 Å². The number of benzene rings is 1. The Kier molecular flexibility index (Phi) is 3.04. The van der Waals surface area contributed by atoms with E-state index in [-0.39, 0.29) is 0 Å². The van der Waals surface area contributed by atoms with E-state index < -0.39 is 4.87 Å². The number of alkyl halides is 1. The molecule has 2 rings (SSSR count). The Balaban J connectivity index is 2.46. The fourth-order valence-electron chi connectivity index (χ4n) is 1.47. The lowest BCUT2D eigenvalue weighted by atomic mass is 9.96. The van der Waals surface area contributed by atoms with E-state index in [1.54, 1.807) is 13.2 Å². The zero-order valence-corrected chi connectivity index (χ0v) is 10.3. The molecule has 0 aromatic heterocycles. The van der Waals surface area contributed by atoms with Crippen LogP contribution in [0.5, 0.6) is 5.75 Å². The third-order valence-electron chi connectivity index (χ3n) is 2.41. The molecule has 1 aliphatic rings. The van der Waals surface area contributed by atoms with Crippen molar-refractivity contribution in [1.29, 1.82) is 0 Å². The predicted molar refractivity (Wildman–Crippen MR) is 61.4 cm³/mol. The van der Waals surface area contributed by atoms with Crippen LogP contribution >= 0.6 is 34.8 Å². The third-order valence-corrected chi connectivity index (χ3v) is 3.70. The number of methoxy groups -OCH3 is 1. The minimum Gasteiger partial charge on any atom is -0.495 e. The number of hydrogen-bond donors (Lipinski definition) is 0. The Morgan fingerprint density at radius 1 is 1.27 bits per heavy atom. The van der Waals surface area contributed by atoms with Crippen LogP contribution in [0.4, 0.5) is 0 Å². The van der Waals surface area contributed by atoms with Gasteiger partial charge in [0.15, 0.2) is 0 Å². The fraction of sp³-hybridized carbons (Fsp3) is 0.400. The second-order valence-corrected chi connectivity index (χ2v) is 4.88. The van der Waals surface area contributed by atoms with E-state index >= 15 is 0 Å². The SMILES string of the molecule is COc1ccc(C2(Cl)COC2)c(Cl)c1Cl. The van der Waals surface area contributed by atoms with E-state index in [0.29, 0.717) is 29.0 Å². The quantitative estimate of drug-likeness (QED) is 0.764. The maximum absolute atomic E-state index is 6.30. The standard InChI is InChI=1S/C10H9Cl3O2/c1-14-7-3-2-6(8(11)9(7)12)10(13)4-15-5-10/h2-3H,4-5H2,1H3. The molecule has 0 spiro atoms. The monoisotopic (exact) mass is 266 g/mol. The van der Waals surface area contributed by atoms with Crippen LogP contribution in [-0.2, 0) is 9.61 Å². The Morgan fingerprint density at radius 3 is 2.40 bits per heavy atom. The number of halogens is 3. The van der Waals surface area contributed by atoms with Crippen molar-refractivity contribution in [2.45, 2.75) is 4.87 Å². The largest absolute Gasteiger partial charge is 0.495 e. The number of ether oxygens (including phenoxy) is 2. The van der Waals surface area contributed by atoms with Gasteiger partial charge in [0, 0.05) is 0 Å². The molecule has 0 saturated carbocycles. The van der Waals surface area contributed by atoms with Gasteiger partial charge in [-0.1, -0.05) is 29.3 Å². The second-order valence-electron chi connectivity index (χ2n) is 3.40. The molecule has 0 unspecified atom stereocenters. The molecule has 0 bridgehead atoms. The van der Waals surface area contributed by atoms with Gasteiger partial charge >= 0.3 is 0 Å². The minimum atomic E-state index is -0.535. The molecule has 0 amide bonds. The molecule has 0 aliphatic carbocycles. The number of hydrogen-bond acceptors (Lipinski definition) is 2. The molecular weight excluding hydrogens is 258 g/mol. The van der Waals surface area contributed by atoms with E-state index in [4.69, 9.17) is 44.3 Å². The zero-order valence-electron chi connectivity index (χ0n) is 8.02. The third kappa shape index (κ3) is 1.80. The number of rotatable bonds is 2. The van der Waals surface area contributed by atoms with Gasteiger partial charge in [0.2, 0.25) is 0 Å². The van der Waals surface area contributed by atoms with Gasteiger partial charge in [0.1, 0.15) is 15.6 Å². The average molecular weight is 268 g/mol. The van der Waals surface area contributed by atoms with E-state index in [1.807, 2.05) is 6.07 Å². The highest BCUT2D eigenvalue weighted by molar-refractivity contribution is 6.44. The van der Waals surface area contributed by atoms with Crippen LogP contribution in [0.2, 0.25) is 10.0 Å². The first-order valence-electron chi connectivity index (χ1n) is 4.37. The Labute approximate surface area is 103 Å². The summed E-state index contributed by atoms with van der Waals surface area (Å²) in [5.41, 5.74) is 0.794. The summed E-state index contributed by atoms with van der Waals surface area (Å²) >= 11 is 18.4. The molecule has 1 aliphatic heterocycles. The van der Waals surface area contributed by atoms with Gasteiger partial charge in [-0.3, -0.25) is 0 Å². The van der Waals surface area contributed by atoms with Crippen LogP contribution in [-0.4, -0.2) is 20.3 Å². The molecule has 1 saturated heterocycles. The molecule has 0 N–H and O–H groups in total. The molecule has 0 radical (unpaired) electrons. The van der Waals surface area contributed by atoms with Crippen molar-refractivity contribution < 1.29 is 9.47 Å². The Hall–Kier alpha value is -0.150. The second kappa shape index (κ2) is 4.02. The van der Waals surface area contributed by atoms with Crippen molar-refractivity contribution in [3.05, 3.63) is 27.7 Å². The minimum absolute atomic E-state index is 0.392. The highest BCUT2D eigenvalue weighted by atomic mass is 35.5. The first kappa shape index (κ1) is 11.3. The molecule has 5 heteroatoms. The molecule has 15 heavy (non-hydrogen) atoms. The summed E-state index contributed by atoms with van der Waals surface area (Å²) in [4.78, 5) is -0.535. The van der Waals surface area contributed by atoms with Gasteiger partial charge in [-0.05, 0) is 11.6 Å². The molecule has 1 aromatic rings. The summed E-state index contributed by atoms with van der Waals surface area (Å²) in [6, 6.07) is 3.58. The van der Waals surface area contributed by atoms with Gasteiger partial charge in [0.05, 0.1) is 25.3 Å². The van der Waals surface area contributed by atoms with Crippen molar-refractivity contribution in [1.82, 2.24) is 0 Å². The van der Waals surface area contributed by atoms with Gasteiger partial charge < -0.3 is 9.47 Å². The average Bonchev–Trinajstić information content (AvgIpc) is 2.19. The van der Waals surface area contributed by atoms with Crippen LogP contribution in [0.15, 0.2) is 12.1 Å². The van der Waals surface area contributed by atoms with Crippen LogP contribution in [0.25, 0.3) is 0 Å². The normalized spacial score (nSPS) is 18.4. The summed E-state index contributed by atoms with van der Waals surface area (Å²) in [6.45, 7) is 0.911. The van der Waals surface area contributed by atoms with Crippen LogP contribution in [0, 0.1) is 0 Å². The maximum atomic E-state index is 6.30. The van der Waals surface area contributed by atoms with Crippen LogP contribution < -0.4 is 4.74 Å². The highest BCUT2D eigenvalue weighted by Gasteiger charge is 2.40. The van der Waals surface area contributed by atoms with Gasteiger partial charge in [-0.15, -0.1) is 11.6 Å². The fourth-order valence-corrected chi connectivity index (χ4v) is 2.41. The van der Waals surface area contributed by atoms with E-state index in [0.717, 1.165) is 5.56 Å². The summed E-state index contributed by atoms with van der Waals surface area (Å²) in [5.74, 6) is 0.547. The maximum Gasteiger partial charge on any atom is 0.139 e. The summed E-state index contributed by atoms with van der Waals surface area (Å²) in [6.07, 6.45) is 0. The first-order valence-corrected chi connectivity index (χ1v) is 5.51. The van der Waals surface area contributed by atoms with Gasteiger partial charge in [0.25, 0.3) is 0 Å². The molecule has 82 valence electrons. The van der Waals surface area contributed by atoms with E-state index in [9.17, 15) is 0 Å². The predicted octanol–water partition coefficient (Wildman–Crippen LogP) is 3.47. The molecular formula is C10H9Cl3O2. The smallest absolute Gasteiger partial charge is 0.139 e. The molecule has 1 aromatic carbocycles. The lowest BCUT2D eigenvalue weighted by molar-refractivity contribution is -0.0151. The topological polar surface area (TPSA) is 18.5 Å². The molecule has 0 atom stereocenters. The molecule has 2 nitrogen and oxygen atoms in total. The summed E-state index contributed by atoms with van der Waals surface area (Å²) < 4.78 is 10.1. The lowest BCUT2D eigenvalue weighted by Gasteiger charge is -2.36. The lowest BCUT2D eigenvalue weighted by Crippen LogP contribution is -2.41. The molecule has 1 fully saturated rings. The van der Waals surface area contributed by atoms with Crippen molar-refractivity contribution in [2.24, 2.45) is 0 Å². The van der Waals surface area contributed by atoms with Crippen molar-refractivity contribution in [3.8, 4) is 5.75 Å². The first-order chi connectivity index (χ1) is 7.08. The van der Waals surface area contributed by atoms with Crippen LogP contribution in [0.3, 0.4) is 0 Å². The van der Waals surface area contributed by atoms with E-state index in [1.165, 1.54) is 0 Å². The van der Waals surface area contributed by atoms with Gasteiger partial charge in [-0.2, -0.15) is 0 Å².